The molecule has 1 aromatic heterocycles. The number of nitrogens with zero attached hydrogens (tertiary/aromatic N) is 2. The second-order valence-corrected chi connectivity index (χ2v) is 7.77. The summed E-state index contributed by atoms with van der Waals surface area (Å²) in [5.74, 6) is 0.179. The quantitative estimate of drug-likeness (QED) is 0.313. The topological polar surface area (TPSA) is 53.4 Å². The molecule has 32 heavy (non-hydrogen) atoms. The summed E-state index contributed by atoms with van der Waals surface area (Å²) in [7, 11) is 0. The number of para-hydroxylation sites is 2. The summed E-state index contributed by atoms with van der Waals surface area (Å²) < 4.78 is 26.1. The molecule has 4 rings (SSSR count). The molecule has 3 aromatic carbocycles. The van der Waals surface area contributed by atoms with Gasteiger partial charge in [-0.2, -0.15) is 0 Å². The SMILES string of the molecule is O=c1c2ccccc2nc(-c2ccc(Cl)cc2Cl)n1CCOCCOc1ccccc1F. The number of aromatic nitrogens is 2. The second-order valence-electron chi connectivity index (χ2n) is 6.92. The van der Waals surface area contributed by atoms with Crippen molar-refractivity contribution in [1.29, 1.82) is 0 Å². The molecule has 0 aliphatic rings. The van der Waals surface area contributed by atoms with E-state index in [0.29, 0.717) is 32.3 Å². The summed E-state index contributed by atoms with van der Waals surface area (Å²) in [6, 6.07) is 18.4. The third kappa shape index (κ3) is 4.93. The van der Waals surface area contributed by atoms with Gasteiger partial charge in [-0.25, -0.2) is 9.37 Å². The van der Waals surface area contributed by atoms with Gasteiger partial charge >= 0.3 is 0 Å². The number of hydrogen-bond acceptors (Lipinski definition) is 4. The van der Waals surface area contributed by atoms with Crippen LogP contribution in [0.25, 0.3) is 22.3 Å². The highest BCUT2D eigenvalue weighted by Crippen LogP contribution is 2.29. The lowest BCUT2D eigenvalue weighted by atomic mass is 10.1. The molecule has 0 saturated carbocycles. The van der Waals surface area contributed by atoms with Gasteiger partial charge in [-0.05, 0) is 42.5 Å². The maximum atomic E-state index is 13.6. The van der Waals surface area contributed by atoms with Crippen LogP contribution in [0.1, 0.15) is 0 Å². The van der Waals surface area contributed by atoms with Crippen LogP contribution in [-0.2, 0) is 11.3 Å². The molecule has 0 spiro atoms. The molecule has 0 amide bonds. The fourth-order valence-corrected chi connectivity index (χ4v) is 3.78. The minimum Gasteiger partial charge on any atom is -0.488 e. The molecule has 0 unspecified atom stereocenters. The monoisotopic (exact) mass is 472 g/mol. The number of benzene rings is 3. The van der Waals surface area contributed by atoms with Crippen molar-refractivity contribution in [3.8, 4) is 17.1 Å². The van der Waals surface area contributed by atoms with E-state index in [0.717, 1.165) is 0 Å². The molecule has 0 N–H and O–H groups in total. The van der Waals surface area contributed by atoms with E-state index in [1.54, 1.807) is 54.6 Å². The summed E-state index contributed by atoms with van der Waals surface area (Å²) in [5, 5.41) is 1.39. The summed E-state index contributed by atoms with van der Waals surface area (Å²) in [6.07, 6.45) is 0. The predicted molar refractivity (Wildman–Crippen MR) is 124 cm³/mol. The molecule has 5 nitrogen and oxygen atoms in total. The molecule has 0 aliphatic heterocycles. The third-order valence-corrected chi connectivity index (χ3v) is 5.36. The standard InChI is InChI=1S/C24H19Cl2FN2O3/c25-16-9-10-17(19(26)15-16)23-28-21-7-3-1-5-18(21)24(30)29(23)11-12-31-13-14-32-22-8-4-2-6-20(22)27/h1-10,15H,11-14H2. The Morgan fingerprint density at radius 3 is 2.53 bits per heavy atom. The maximum absolute atomic E-state index is 13.6. The van der Waals surface area contributed by atoms with Crippen LogP contribution in [-0.4, -0.2) is 29.4 Å². The Kier molecular flexibility index (Phi) is 7.05. The van der Waals surface area contributed by atoms with Crippen LogP contribution in [0, 0.1) is 5.82 Å². The van der Waals surface area contributed by atoms with Crippen molar-refractivity contribution in [2.45, 2.75) is 6.54 Å². The zero-order chi connectivity index (χ0) is 22.5. The second kappa shape index (κ2) is 10.1. The summed E-state index contributed by atoms with van der Waals surface area (Å²) in [5.41, 5.74) is 0.985. The van der Waals surface area contributed by atoms with Gasteiger partial charge in [0.05, 0.1) is 35.7 Å². The van der Waals surface area contributed by atoms with Gasteiger partial charge in [0.2, 0.25) is 0 Å². The summed E-state index contributed by atoms with van der Waals surface area (Å²) >= 11 is 12.4. The average Bonchev–Trinajstić information content (AvgIpc) is 2.78. The van der Waals surface area contributed by atoms with Crippen LogP contribution in [0.2, 0.25) is 10.0 Å². The van der Waals surface area contributed by atoms with Crippen LogP contribution in [0.4, 0.5) is 4.39 Å². The van der Waals surface area contributed by atoms with E-state index in [4.69, 9.17) is 32.7 Å². The van der Waals surface area contributed by atoms with Crippen LogP contribution in [0.15, 0.2) is 71.5 Å². The zero-order valence-corrected chi connectivity index (χ0v) is 18.4. The van der Waals surface area contributed by atoms with Gasteiger partial charge in [0.15, 0.2) is 11.6 Å². The van der Waals surface area contributed by atoms with Crippen molar-refractivity contribution >= 4 is 34.1 Å². The van der Waals surface area contributed by atoms with Gasteiger partial charge in [0.25, 0.3) is 5.56 Å². The molecule has 0 atom stereocenters. The normalized spacial score (nSPS) is 11.1. The number of fused-ring (bicyclic) bond motifs is 1. The molecule has 0 aliphatic carbocycles. The molecule has 0 saturated heterocycles. The van der Waals surface area contributed by atoms with Crippen LogP contribution < -0.4 is 10.3 Å². The fraction of sp³-hybridized carbons (Fsp3) is 0.167. The van der Waals surface area contributed by atoms with Crippen molar-refractivity contribution in [3.63, 3.8) is 0 Å². The molecule has 1 heterocycles. The van der Waals surface area contributed by atoms with Gasteiger partial charge in [-0.15, -0.1) is 0 Å². The minimum atomic E-state index is -0.425. The van der Waals surface area contributed by atoms with Crippen molar-refractivity contribution in [2.75, 3.05) is 19.8 Å². The first kappa shape index (κ1) is 22.3. The molecular weight excluding hydrogens is 454 g/mol. The lowest BCUT2D eigenvalue weighted by Gasteiger charge is -2.15. The molecule has 0 radical (unpaired) electrons. The lowest BCUT2D eigenvalue weighted by Crippen LogP contribution is -2.26. The highest BCUT2D eigenvalue weighted by Gasteiger charge is 2.15. The third-order valence-electron chi connectivity index (χ3n) is 4.81. The largest absolute Gasteiger partial charge is 0.488 e. The van der Waals surface area contributed by atoms with Crippen LogP contribution in [0.3, 0.4) is 0 Å². The van der Waals surface area contributed by atoms with E-state index in [9.17, 15) is 9.18 Å². The average molecular weight is 473 g/mol. The van der Waals surface area contributed by atoms with Gasteiger partial charge in [0.1, 0.15) is 12.4 Å². The molecule has 8 heteroatoms. The van der Waals surface area contributed by atoms with E-state index in [-0.39, 0.29) is 37.7 Å². The fourth-order valence-electron chi connectivity index (χ4n) is 3.28. The molecule has 0 bridgehead atoms. The van der Waals surface area contributed by atoms with Gasteiger partial charge in [0, 0.05) is 10.6 Å². The highest BCUT2D eigenvalue weighted by molar-refractivity contribution is 6.36. The van der Waals surface area contributed by atoms with E-state index < -0.39 is 5.82 Å². The number of rotatable bonds is 8. The van der Waals surface area contributed by atoms with Crippen molar-refractivity contribution < 1.29 is 13.9 Å². The maximum Gasteiger partial charge on any atom is 0.261 e. The molecule has 0 fully saturated rings. The van der Waals surface area contributed by atoms with Gasteiger partial charge < -0.3 is 9.47 Å². The number of ether oxygens (including phenoxy) is 2. The van der Waals surface area contributed by atoms with Gasteiger partial charge in [-0.3, -0.25) is 9.36 Å². The van der Waals surface area contributed by atoms with Gasteiger partial charge in [-0.1, -0.05) is 47.5 Å². The van der Waals surface area contributed by atoms with Crippen molar-refractivity contribution in [2.24, 2.45) is 0 Å². The number of hydrogen-bond donors (Lipinski definition) is 0. The lowest BCUT2D eigenvalue weighted by molar-refractivity contribution is 0.0927. The van der Waals surface area contributed by atoms with E-state index >= 15 is 0 Å². The highest BCUT2D eigenvalue weighted by atomic mass is 35.5. The Bertz CT molecular complexity index is 1310. The summed E-state index contributed by atoms with van der Waals surface area (Å²) in [4.78, 5) is 17.8. The Hall–Kier alpha value is -2.93. The summed E-state index contributed by atoms with van der Waals surface area (Å²) in [6.45, 7) is 0.909. The Labute approximate surface area is 193 Å². The minimum absolute atomic E-state index is 0.172. The molecular formula is C24H19Cl2FN2O3. The molecule has 164 valence electrons. The molecule has 4 aromatic rings. The first-order chi connectivity index (χ1) is 15.5. The van der Waals surface area contributed by atoms with E-state index in [1.807, 2.05) is 6.07 Å². The van der Waals surface area contributed by atoms with Crippen molar-refractivity contribution in [3.05, 3.63) is 92.9 Å². The Balaban J connectivity index is 1.51. The Morgan fingerprint density at radius 2 is 1.72 bits per heavy atom. The van der Waals surface area contributed by atoms with Crippen molar-refractivity contribution in [1.82, 2.24) is 9.55 Å². The smallest absolute Gasteiger partial charge is 0.261 e. The predicted octanol–water partition coefficient (Wildman–Crippen LogP) is 5.61. The van der Waals surface area contributed by atoms with Crippen LogP contribution in [0.5, 0.6) is 5.75 Å². The first-order valence-electron chi connectivity index (χ1n) is 9.94. The first-order valence-corrected chi connectivity index (χ1v) is 10.7. The zero-order valence-electron chi connectivity index (χ0n) is 16.9. The van der Waals surface area contributed by atoms with E-state index in [1.165, 1.54) is 10.6 Å². The van der Waals surface area contributed by atoms with Crippen LogP contribution >= 0.6 is 23.2 Å². The number of halogens is 3. The Morgan fingerprint density at radius 1 is 0.938 bits per heavy atom. The van der Waals surface area contributed by atoms with E-state index in [2.05, 4.69) is 4.98 Å².